The predicted molar refractivity (Wildman–Crippen MR) is 106 cm³/mol. The first-order chi connectivity index (χ1) is 12.8. The molecule has 0 aromatic heterocycles. The Labute approximate surface area is 157 Å². The summed E-state index contributed by atoms with van der Waals surface area (Å²) in [6, 6.07) is 13.8. The van der Waals surface area contributed by atoms with E-state index in [2.05, 4.69) is 21.3 Å². The summed E-state index contributed by atoms with van der Waals surface area (Å²) >= 11 is 0. The topological polar surface area (TPSA) is 125 Å². The molecule has 0 aliphatic carbocycles. The third kappa shape index (κ3) is 6.35. The van der Waals surface area contributed by atoms with Crippen molar-refractivity contribution in [3.8, 4) is 0 Å². The van der Waals surface area contributed by atoms with Gasteiger partial charge in [-0.1, -0.05) is 38.1 Å². The normalized spacial score (nSPS) is 11.4. The number of hydrogen-bond donors (Lipinski definition) is 5. The molecule has 27 heavy (non-hydrogen) atoms. The minimum absolute atomic E-state index is 0.143. The molecular formula is C19H23N5O3. The molecule has 0 radical (unpaired) electrons. The minimum atomic E-state index is -0.767. The fourth-order valence-electron chi connectivity index (χ4n) is 2.40. The van der Waals surface area contributed by atoms with Crippen LogP contribution in [0.2, 0.25) is 0 Å². The molecule has 0 aliphatic heterocycles. The molecule has 2 rings (SSSR count). The molecule has 0 fully saturated rings. The zero-order chi connectivity index (χ0) is 19.8. The van der Waals surface area contributed by atoms with Gasteiger partial charge in [0, 0.05) is 17.1 Å². The van der Waals surface area contributed by atoms with Gasteiger partial charge in [-0.15, -0.1) is 0 Å². The van der Waals surface area contributed by atoms with E-state index in [1.165, 1.54) is 0 Å². The van der Waals surface area contributed by atoms with E-state index in [1.807, 2.05) is 18.2 Å². The molecule has 0 heterocycles. The number of primary amides is 1. The molecular weight excluding hydrogens is 346 g/mol. The van der Waals surface area contributed by atoms with E-state index in [4.69, 9.17) is 5.73 Å². The van der Waals surface area contributed by atoms with E-state index in [9.17, 15) is 14.4 Å². The molecule has 8 heteroatoms. The van der Waals surface area contributed by atoms with Crippen molar-refractivity contribution in [3.63, 3.8) is 0 Å². The first kappa shape index (κ1) is 19.8. The molecule has 2 aromatic rings. The quantitative estimate of drug-likeness (QED) is 0.537. The zero-order valence-electron chi connectivity index (χ0n) is 15.2. The highest BCUT2D eigenvalue weighted by Gasteiger charge is 2.23. The van der Waals surface area contributed by atoms with E-state index in [-0.39, 0.29) is 5.92 Å². The van der Waals surface area contributed by atoms with Crippen LogP contribution in [0.5, 0.6) is 0 Å². The Hall–Kier alpha value is -3.55. The van der Waals surface area contributed by atoms with Crippen LogP contribution in [0.15, 0.2) is 54.6 Å². The van der Waals surface area contributed by atoms with E-state index < -0.39 is 24.0 Å². The summed E-state index contributed by atoms with van der Waals surface area (Å²) in [6.07, 6.45) is 0. The van der Waals surface area contributed by atoms with Crippen LogP contribution >= 0.6 is 0 Å². The van der Waals surface area contributed by atoms with E-state index in [1.54, 1.807) is 50.2 Å². The SMILES string of the molecule is CC(C)[C@H](NC(N)=O)C(=O)Nc1cccc(NC(=O)Nc2ccccc2)c1. The van der Waals surface area contributed by atoms with Crippen molar-refractivity contribution in [2.24, 2.45) is 11.7 Å². The van der Waals surface area contributed by atoms with Crippen molar-refractivity contribution >= 4 is 35.0 Å². The Balaban J connectivity index is 2.00. The third-order valence-electron chi connectivity index (χ3n) is 3.67. The Morgan fingerprint density at radius 2 is 1.37 bits per heavy atom. The van der Waals surface area contributed by atoms with Gasteiger partial charge in [-0.3, -0.25) is 4.79 Å². The highest BCUT2D eigenvalue weighted by molar-refractivity contribution is 6.01. The monoisotopic (exact) mass is 369 g/mol. The molecule has 2 aromatic carbocycles. The molecule has 0 unspecified atom stereocenters. The maximum absolute atomic E-state index is 12.4. The average molecular weight is 369 g/mol. The smallest absolute Gasteiger partial charge is 0.323 e. The number of nitrogens with two attached hydrogens (primary N) is 1. The van der Waals surface area contributed by atoms with Crippen LogP contribution in [-0.2, 0) is 4.79 Å². The van der Waals surface area contributed by atoms with Crippen LogP contribution in [0.25, 0.3) is 0 Å². The summed E-state index contributed by atoms with van der Waals surface area (Å²) in [6.45, 7) is 3.60. The molecule has 8 nitrogen and oxygen atoms in total. The van der Waals surface area contributed by atoms with Crippen LogP contribution in [0, 0.1) is 5.92 Å². The summed E-state index contributed by atoms with van der Waals surface area (Å²) in [5.41, 5.74) is 6.77. The summed E-state index contributed by atoms with van der Waals surface area (Å²) < 4.78 is 0. The largest absolute Gasteiger partial charge is 0.352 e. The van der Waals surface area contributed by atoms with Gasteiger partial charge < -0.3 is 27.0 Å². The van der Waals surface area contributed by atoms with Gasteiger partial charge in [0.25, 0.3) is 0 Å². The van der Waals surface area contributed by atoms with Gasteiger partial charge in [-0.05, 0) is 36.2 Å². The lowest BCUT2D eigenvalue weighted by Crippen LogP contribution is -2.49. The Bertz CT molecular complexity index is 808. The number of anilines is 3. The highest BCUT2D eigenvalue weighted by Crippen LogP contribution is 2.17. The molecule has 0 saturated heterocycles. The van der Waals surface area contributed by atoms with Crippen LogP contribution in [0.4, 0.5) is 26.7 Å². The molecule has 6 N–H and O–H groups in total. The van der Waals surface area contributed by atoms with Crippen LogP contribution in [0.3, 0.4) is 0 Å². The maximum atomic E-state index is 12.4. The third-order valence-corrected chi connectivity index (χ3v) is 3.67. The number of rotatable bonds is 6. The molecule has 0 saturated carbocycles. The Kier molecular flexibility index (Phi) is 6.76. The van der Waals surface area contributed by atoms with Crippen LogP contribution in [0.1, 0.15) is 13.8 Å². The van der Waals surface area contributed by atoms with E-state index in [0.29, 0.717) is 17.1 Å². The van der Waals surface area contributed by atoms with Crippen molar-refractivity contribution in [2.45, 2.75) is 19.9 Å². The molecule has 1 atom stereocenters. The lowest BCUT2D eigenvalue weighted by atomic mass is 10.0. The first-order valence-electron chi connectivity index (χ1n) is 8.45. The standard InChI is InChI=1S/C19H23N5O3/c1-12(2)16(24-18(20)26)17(25)21-14-9-6-10-15(11-14)23-19(27)22-13-7-4-3-5-8-13/h3-12,16H,1-2H3,(H,21,25)(H3,20,24,26)(H2,22,23,27)/t16-/m0/s1. The van der Waals surface area contributed by atoms with Gasteiger partial charge in [0.15, 0.2) is 0 Å². The highest BCUT2D eigenvalue weighted by atomic mass is 16.2. The molecule has 0 bridgehead atoms. The van der Waals surface area contributed by atoms with Crippen molar-refractivity contribution in [3.05, 3.63) is 54.6 Å². The van der Waals surface area contributed by atoms with Crippen molar-refractivity contribution in [2.75, 3.05) is 16.0 Å². The fraction of sp³-hybridized carbons (Fsp3) is 0.211. The van der Waals surface area contributed by atoms with E-state index in [0.717, 1.165) is 0 Å². The van der Waals surface area contributed by atoms with Gasteiger partial charge in [0.2, 0.25) is 5.91 Å². The van der Waals surface area contributed by atoms with Gasteiger partial charge >= 0.3 is 12.1 Å². The summed E-state index contributed by atoms with van der Waals surface area (Å²) in [5, 5.41) is 10.5. The molecule has 142 valence electrons. The Morgan fingerprint density at radius 3 is 1.96 bits per heavy atom. The molecule has 5 amide bonds. The summed E-state index contributed by atoms with van der Waals surface area (Å²) in [5.74, 6) is -0.537. The fourth-order valence-corrected chi connectivity index (χ4v) is 2.40. The van der Waals surface area contributed by atoms with Crippen molar-refractivity contribution in [1.82, 2.24) is 5.32 Å². The van der Waals surface area contributed by atoms with Crippen LogP contribution < -0.4 is 27.0 Å². The number of para-hydroxylation sites is 1. The first-order valence-corrected chi connectivity index (χ1v) is 8.45. The number of benzene rings is 2. The van der Waals surface area contributed by atoms with Gasteiger partial charge in [0.05, 0.1) is 0 Å². The lowest BCUT2D eigenvalue weighted by molar-refractivity contribution is -0.118. The second kappa shape index (κ2) is 9.23. The second-order valence-corrected chi connectivity index (χ2v) is 6.25. The Morgan fingerprint density at radius 1 is 0.815 bits per heavy atom. The lowest BCUT2D eigenvalue weighted by Gasteiger charge is -2.20. The zero-order valence-corrected chi connectivity index (χ0v) is 15.2. The minimum Gasteiger partial charge on any atom is -0.352 e. The van der Waals surface area contributed by atoms with Crippen molar-refractivity contribution < 1.29 is 14.4 Å². The van der Waals surface area contributed by atoms with Gasteiger partial charge in [0.1, 0.15) is 6.04 Å². The summed E-state index contributed by atoms with van der Waals surface area (Å²) in [7, 11) is 0. The molecule has 0 aliphatic rings. The number of urea groups is 2. The van der Waals surface area contributed by atoms with E-state index >= 15 is 0 Å². The van der Waals surface area contributed by atoms with Gasteiger partial charge in [-0.25, -0.2) is 9.59 Å². The number of amides is 5. The number of carbonyl (C=O) groups excluding carboxylic acids is 3. The number of carbonyl (C=O) groups is 3. The predicted octanol–water partition coefficient (Wildman–Crippen LogP) is 2.96. The maximum Gasteiger partial charge on any atom is 0.323 e. The van der Waals surface area contributed by atoms with Crippen molar-refractivity contribution in [1.29, 1.82) is 0 Å². The summed E-state index contributed by atoms with van der Waals surface area (Å²) in [4.78, 5) is 35.5. The molecule has 0 spiro atoms. The number of hydrogen-bond acceptors (Lipinski definition) is 3. The van der Waals surface area contributed by atoms with Gasteiger partial charge in [-0.2, -0.15) is 0 Å². The second-order valence-electron chi connectivity index (χ2n) is 6.25. The number of nitrogens with one attached hydrogen (secondary N) is 4. The average Bonchev–Trinajstić information content (AvgIpc) is 2.60. The van der Waals surface area contributed by atoms with Crippen LogP contribution in [-0.4, -0.2) is 24.0 Å².